The van der Waals surface area contributed by atoms with Gasteiger partial charge in [0, 0.05) is 12.0 Å². The summed E-state index contributed by atoms with van der Waals surface area (Å²) in [5.74, 6) is 3.05. The van der Waals surface area contributed by atoms with Crippen LogP contribution in [0.25, 0.3) is 11.5 Å². The van der Waals surface area contributed by atoms with Crippen molar-refractivity contribution < 1.29 is 18.7 Å². The molecule has 0 unspecified atom stereocenters. The van der Waals surface area contributed by atoms with Gasteiger partial charge in [0.25, 0.3) is 0 Å². The molecule has 4 aromatic rings. The van der Waals surface area contributed by atoms with Crippen LogP contribution in [0.15, 0.2) is 34.7 Å². The van der Waals surface area contributed by atoms with Crippen molar-refractivity contribution in [3.8, 4) is 23.0 Å². The van der Waals surface area contributed by atoms with Gasteiger partial charge < -0.3 is 13.9 Å². The van der Waals surface area contributed by atoms with Gasteiger partial charge in [0.15, 0.2) is 11.4 Å². The third-order valence-electron chi connectivity index (χ3n) is 9.57. The first-order valence-corrected chi connectivity index (χ1v) is 15.5. The number of rotatable bonds is 8. The van der Waals surface area contributed by atoms with Crippen LogP contribution in [-0.2, 0) is 11.2 Å². The lowest BCUT2D eigenvalue weighted by Crippen LogP contribution is -2.36. The largest absolute Gasteiger partial charge is 0.493 e. The van der Waals surface area contributed by atoms with E-state index in [-0.39, 0.29) is 5.78 Å². The molecule has 0 fully saturated rings. The Bertz CT molecular complexity index is 1520. The Hall–Kier alpha value is -3.86. The number of benzene rings is 3. The Morgan fingerprint density at radius 2 is 1.11 bits per heavy atom. The summed E-state index contributed by atoms with van der Waals surface area (Å²) in [6.07, 6.45) is 0.648. The minimum absolute atomic E-state index is 0.00946. The molecule has 3 aromatic carbocycles. The number of ketones is 1. The fourth-order valence-electron chi connectivity index (χ4n) is 5.24. The summed E-state index contributed by atoms with van der Waals surface area (Å²) in [7, 11) is 0. The number of aromatic nitrogens is 1. The highest BCUT2D eigenvalue weighted by molar-refractivity contribution is 5.84. The van der Waals surface area contributed by atoms with E-state index in [9.17, 15) is 4.79 Å². The molecule has 0 amide bonds. The molecule has 0 saturated carbocycles. The summed E-state index contributed by atoms with van der Waals surface area (Å²) in [5, 5.41) is 0. The van der Waals surface area contributed by atoms with E-state index >= 15 is 0 Å². The fourth-order valence-corrected chi connectivity index (χ4v) is 5.24. The van der Waals surface area contributed by atoms with Crippen molar-refractivity contribution in [2.45, 2.75) is 109 Å². The molecule has 5 heteroatoms. The Morgan fingerprint density at radius 3 is 1.55 bits per heavy atom. The van der Waals surface area contributed by atoms with Gasteiger partial charge in [0.1, 0.15) is 17.3 Å². The third kappa shape index (κ3) is 7.26. The van der Waals surface area contributed by atoms with Crippen molar-refractivity contribution in [1.82, 2.24) is 4.98 Å². The average Bonchev–Trinajstić information content (AvgIpc) is 3.37. The van der Waals surface area contributed by atoms with E-state index in [1.54, 1.807) is 20.8 Å². The van der Waals surface area contributed by atoms with Crippen LogP contribution in [0, 0.1) is 76.2 Å². The molecule has 1 heterocycles. The van der Waals surface area contributed by atoms with Gasteiger partial charge in [0.2, 0.25) is 5.89 Å². The molecule has 0 radical (unpaired) electrons. The van der Waals surface area contributed by atoms with E-state index < -0.39 is 5.60 Å². The van der Waals surface area contributed by atoms with Crippen molar-refractivity contribution in [2.24, 2.45) is 0 Å². The zero-order valence-corrected chi connectivity index (χ0v) is 29.4. The van der Waals surface area contributed by atoms with Crippen LogP contribution < -0.4 is 9.47 Å². The molecule has 5 nitrogen and oxygen atoms in total. The molecule has 0 aliphatic carbocycles. The molecule has 236 valence electrons. The number of nitrogens with zero attached hydrogens (tertiary/aromatic N) is 1. The van der Waals surface area contributed by atoms with Crippen LogP contribution in [0.4, 0.5) is 0 Å². The Morgan fingerprint density at radius 1 is 0.682 bits per heavy atom. The zero-order chi connectivity index (χ0) is 33.1. The van der Waals surface area contributed by atoms with Gasteiger partial charge in [-0.25, -0.2) is 4.98 Å². The highest BCUT2D eigenvalue weighted by Gasteiger charge is 2.29. The second kappa shape index (κ2) is 13.8. The summed E-state index contributed by atoms with van der Waals surface area (Å²) < 4.78 is 18.2. The zero-order valence-electron chi connectivity index (χ0n) is 29.4. The van der Waals surface area contributed by atoms with Crippen LogP contribution in [0.5, 0.6) is 11.5 Å². The van der Waals surface area contributed by atoms with Crippen molar-refractivity contribution >= 4 is 5.78 Å². The first kappa shape index (κ1) is 34.6. The van der Waals surface area contributed by atoms with E-state index in [1.807, 2.05) is 65.0 Å². The van der Waals surface area contributed by atoms with Gasteiger partial charge in [-0.1, -0.05) is 18.2 Å². The van der Waals surface area contributed by atoms with Crippen molar-refractivity contribution in [2.75, 3.05) is 6.61 Å². The highest BCUT2D eigenvalue weighted by atomic mass is 16.5. The molecule has 0 saturated heterocycles. The number of carbonyl (C=O) groups excluding carboxylic acids is 1. The smallest absolute Gasteiger partial charge is 0.226 e. The number of Topliss-reactive ketones (excluding diaryl/α,β-unsaturated/α-hetero) is 1. The fraction of sp³-hybridized carbons (Fsp3) is 0.436. The SMILES string of the molecule is CC(=O)C(C)(C)Oc1c(C)c(C)c(OCCc2nc(-c3ccccc3)oc2C)c(C)c1C.Cc1c(C)c(C)c(C)c(C)c1C. The maximum absolute atomic E-state index is 12.0. The molecular formula is C39H51NO4. The molecule has 0 aliphatic heterocycles. The molecule has 4 rings (SSSR count). The third-order valence-corrected chi connectivity index (χ3v) is 9.57. The van der Waals surface area contributed by atoms with Crippen LogP contribution >= 0.6 is 0 Å². The lowest BCUT2D eigenvalue weighted by Gasteiger charge is -2.28. The summed E-state index contributed by atoms with van der Waals surface area (Å²) in [6.45, 7) is 28.9. The standard InChI is InChI=1S/C27H33NO4.C12H18/c1-16-18(3)25(32-27(7,8)21(6)29)19(4)17(2)24(16)30-15-14-23-20(5)31-26(28-23)22-12-10-9-11-13-22;1-7-8(2)10(4)12(6)11(5)9(7)3/h9-13H,14-15H2,1-8H3;1-6H3. The maximum Gasteiger partial charge on any atom is 0.226 e. The van der Waals surface area contributed by atoms with E-state index in [0.717, 1.165) is 50.8 Å². The summed E-state index contributed by atoms with van der Waals surface area (Å²) in [5.41, 5.74) is 13.7. The van der Waals surface area contributed by atoms with E-state index in [4.69, 9.17) is 13.9 Å². The lowest BCUT2D eigenvalue weighted by molar-refractivity contribution is -0.129. The second-order valence-corrected chi connectivity index (χ2v) is 12.6. The number of hydrogen-bond acceptors (Lipinski definition) is 5. The van der Waals surface area contributed by atoms with E-state index in [0.29, 0.717) is 18.9 Å². The molecule has 0 atom stereocenters. The van der Waals surface area contributed by atoms with Gasteiger partial charge in [0.05, 0.1) is 12.3 Å². The molecule has 44 heavy (non-hydrogen) atoms. The molecule has 0 bridgehead atoms. The van der Waals surface area contributed by atoms with Crippen LogP contribution in [0.2, 0.25) is 0 Å². The maximum atomic E-state index is 12.0. The number of carbonyl (C=O) groups is 1. The number of aryl methyl sites for hydroxylation is 1. The van der Waals surface area contributed by atoms with E-state index in [2.05, 4.69) is 46.5 Å². The quantitative estimate of drug-likeness (QED) is 0.202. The van der Waals surface area contributed by atoms with Crippen LogP contribution in [0.1, 0.15) is 87.9 Å². The first-order valence-electron chi connectivity index (χ1n) is 15.5. The van der Waals surface area contributed by atoms with Gasteiger partial charge >= 0.3 is 0 Å². The summed E-state index contributed by atoms with van der Waals surface area (Å²) in [6, 6.07) is 9.89. The number of ether oxygens (including phenoxy) is 2. The monoisotopic (exact) mass is 597 g/mol. The average molecular weight is 598 g/mol. The molecule has 0 spiro atoms. The molecule has 1 aromatic heterocycles. The van der Waals surface area contributed by atoms with Gasteiger partial charge in [-0.3, -0.25) is 4.79 Å². The lowest BCUT2D eigenvalue weighted by atomic mass is 9.90. The topological polar surface area (TPSA) is 61.6 Å². The molecule has 0 N–H and O–H groups in total. The predicted octanol–water partition coefficient (Wildman–Crippen LogP) is 9.79. The Kier molecular flexibility index (Phi) is 10.9. The predicted molar refractivity (Wildman–Crippen MR) is 182 cm³/mol. The normalized spacial score (nSPS) is 11.2. The minimum atomic E-state index is -0.877. The van der Waals surface area contributed by atoms with Gasteiger partial charge in [-0.2, -0.15) is 0 Å². The van der Waals surface area contributed by atoms with Crippen molar-refractivity contribution in [3.63, 3.8) is 0 Å². The van der Waals surface area contributed by atoms with Crippen LogP contribution in [-0.4, -0.2) is 23.0 Å². The Balaban J connectivity index is 0.000000369. The summed E-state index contributed by atoms with van der Waals surface area (Å²) in [4.78, 5) is 16.6. The number of hydrogen-bond donors (Lipinski definition) is 0. The highest BCUT2D eigenvalue weighted by Crippen LogP contribution is 2.39. The van der Waals surface area contributed by atoms with Gasteiger partial charge in [-0.15, -0.1) is 0 Å². The van der Waals surface area contributed by atoms with Crippen molar-refractivity contribution in [3.05, 3.63) is 97.4 Å². The number of oxazole rings is 1. The van der Waals surface area contributed by atoms with Crippen molar-refractivity contribution in [1.29, 1.82) is 0 Å². The molecule has 0 aliphatic rings. The van der Waals surface area contributed by atoms with E-state index in [1.165, 1.54) is 33.4 Å². The van der Waals surface area contributed by atoms with Gasteiger partial charge in [-0.05, 0) is 165 Å². The molecular weight excluding hydrogens is 546 g/mol. The Labute approximate surface area is 265 Å². The summed E-state index contributed by atoms with van der Waals surface area (Å²) >= 11 is 0. The second-order valence-electron chi connectivity index (χ2n) is 12.6. The first-order chi connectivity index (χ1) is 20.5. The minimum Gasteiger partial charge on any atom is -0.493 e. The van der Waals surface area contributed by atoms with Crippen LogP contribution in [0.3, 0.4) is 0 Å².